The standard InChI is InChI=1S/C22H21ClN6O3/c1-11-7-14(12(2)25-16-5-6-17(23)26-19(16)22(31)32)18-15(8-11)21(30)29(4)20(27-18)13-9-24-28(3)10-13/h5-10,12,25H,1-4H3,(H,31,32)/t12-/m0/s1. The molecule has 10 heteroatoms. The molecule has 0 bridgehead atoms. The lowest BCUT2D eigenvalue weighted by atomic mass is 10.0. The highest BCUT2D eigenvalue weighted by molar-refractivity contribution is 6.29. The van der Waals surface area contributed by atoms with Crippen LogP contribution >= 0.6 is 11.6 Å². The van der Waals surface area contributed by atoms with Gasteiger partial charge in [0.05, 0.1) is 34.4 Å². The van der Waals surface area contributed by atoms with Crippen molar-refractivity contribution in [3.8, 4) is 11.4 Å². The summed E-state index contributed by atoms with van der Waals surface area (Å²) >= 11 is 5.87. The molecule has 0 unspecified atom stereocenters. The number of hydrogen-bond donors (Lipinski definition) is 2. The number of carboxylic acid groups (broad SMARTS) is 1. The molecule has 0 aliphatic heterocycles. The van der Waals surface area contributed by atoms with Gasteiger partial charge in [0.15, 0.2) is 5.69 Å². The maximum Gasteiger partial charge on any atom is 0.356 e. The molecule has 0 saturated heterocycles. The molecule has 1 atom stereocenters. The molecular weight excluding hydrogens is 432 g/mol. The number of benzene rings is 1. The second-order valence-corrected chi connectivity index (χ2v) is 8.04. The van der Waals surface area contributed by atoms with Crippen LogP contribution in [0.5, 0.6) is 0 Å². The molecule has 0 aliphatic carbocycles. The Morgan fingerprint density at radius 3 is 2.62 bits per heavy atom. The summed E-state index contributed by atoms with van der Waals surface area (Å²) in [6.45, 7) is 3.77. The van der Waals surface area contributed by atoms with E-state index in [1.54, 1.807) is 43.3 Å². The predicted molar refractivity (Wildman–Crippen MR) is 122 cm³/mol. The zero-order valence-corrected chi connectivity index (χ0v) is 18.7. The van der Waals surface area contributed by atoms with Gasteiger partial charge in [-0.2, -0.15) is 5.10 Å². The lowest BCUT2D eigenvalue weighted by Crippen LogP contribution is -2.22. The van der Waals surface area contributed by atoms with Gasteiger partial charge in [0, 0.05) is 25.9 Å². The number of carboxylic acids is 1. The minimum Gasteiger partial charge on any atom is -0.476 e. The van der Waals surface area contributed by atoms with Gasteiger partial charge in [-0.25, -0.2) is 14.8 Å². The van der Waals surface area contributed by atoms with Crippen molar-refractivity contribution in [2.24, 2.45) is 14.1 Å². The van der Waals surface area contributed by atoms with Crippen molar-refractivity contribution in [3.05, 3.63) is 69.0 Å². The Balaban J connectivity index is 1.88. The number of aromatic nitrogens is 5. The van der Waals surface area contributed by atoms with Gasteiger partial charge in [0.1, 0.15) is 11.0 Å². The zero-order valence-electron chi connectivity index (χ0n) is 17.9. The van der Waals surface area contributed by atoms with E-state index in [-0.39, 0.29) is 22.4 Å². The largest absolute Gasteiger partial charge is 0.476 e. The van der Waals surface area contributed by atoms with Gasteiger partial charge in [-0.1, -0.05) is 17.7 Å². The Morgan fingerprint density at radius 2 is 1.97 bits per heavy atom. The Bertz CT molecular complexity index is 1430. The van der Waals surface area contributed by atoms with Crippen LogP contribution in [0.4, 0.5) is 5.69 Å². The molecule has 3 aromatic heterocycles. The highest BCUT2D eigenvalue weighted by atomic mass is 35.5. The van der Waals surface area contributed by atoms with E-state index in [1.807, 2.05) is 19.9 Å². The molecule has 2 N–H and O–H groups in total. The quantitative estimate of drug-likeness (QED) is 0.445. The number of anilines is 1. The maximum absolute atomic E-state index is 13.2. The highest BCUT2D eigenvalue weighted by Crippen LogP contribution is 2.29. The van der Waals surface area contributed by atoms with E-state index >= 15 is 0 Å². The first-order chi connectivity index (χ1) is 15.2. The number of carbonyl (C=O) groups is 1. The van der Waals surface area contributed by atoms with Crippen molar-refractivity contribution in [3.63, 3.8) is 0 Å². The van der Waals surface area contributed by atoms with E-state index in [0.717, 1.165) is 16.7 Å². The van der Waals surface area contributed by atoms with Crippen molar-refractivity contribution in [2.75, 3.05) is 5.32 Å². The van der Waals surface area contributed by atoms with Gasteiger partial charge in [-0.15, -0.1) is 0 Å². The van der Waals surface area contributed by atoms with Crippen LogP contribution in [-0.4, -0.2) is 35.4 Å². The molecule has 0 saturated carbocycles. The van der Waals surface area contributed by atoms with Crippen LogP contribution in [-0.2, 0) is 14.1 Å². The van der Waals surface area contributed by atoms with Crippen LogP contribution in [0.1, 0.15) is 34.6 Å². The summed E-state index contributed by atoms with van der Waals surface area (Å²) in [6, 6.07) is 6.45. The molecule has 9 nitrogen and oxygen atoms in total. The average molecular weight is 453 g/mol. The number of rotatable bonds is 5. The van der Waals surface area contributed by atoms with Crippen LogP contribution in [0.3, 0.4) is 0 Å². The molecule has 0 fully saturated rings. The predicted octanol–water partition coefficient (Wildman–Crippen LogP) is 3.56. The highest BCUT2D eigenvalue weighted by Gasteiger charge is 2.20. The summed E-state index contributed by atoms with van der Waals surface area (Å²) in [5, 5.41) is 17.4. The number of nitrogens with one attached hydrogen (secondary N) is 1. The van der Waals surface area contributed by atoms with Gasteiger partial charge >= 0.3 is 5.97 Å². The molecule has 4 rings (SSSR count). The monoisotopic (exact) mass is 452 g/mol. The smallest absolute Gasteiger partial charge is 0.356 e. The summed E-state index contributed by atoms with van der Waals surface area (Å²) in [5.41, 5.74) is 2.87. The van der Waals surface area contributed by atoms with Crippen LogP contribution in [0.25, 0.3) is 22.3 Å². The summed E-state index contributed by atoms with van der Waals surface area (Å²) < 4.78 is 3.15. The van der Waals surface area contributed by atoms with Crippen LogP contribution in [0.2, 0.25) is 5.15 Å². The topological polar surface area (TPSA) is 115 Å². The van der Waals surface area contributed by atoms with Gasteiger partial charge < -0.3 is 10.4 Å². The number of aromatic carboxylic acids is 1. The third-order valence-corrected chi connectivity index (χ3v) is 5.43. The minimum absolute atomic E-state index is 0.0906. The molecule has 32 heavy (non-hydrogen) atoms. The fourth-order valence-corrected chi connectivity index (χ4v) is 3.85. The lowest BCUT2D eigenvalue weighted by Gasteiger charge is -2.20. The summed E-state index contributed by atoms with van der Waals surface area (Å²) in [5.74, 6) is -0.700. The fourth-order valence-electron chi connectivity index (χ4n) is 3.70. The van der Waals surface area contributed by atoms with E-state index in [9.17, 15) is 14.7 Å². The van der Waals surface area contributed by atoms with E-state index < -0.39 is 5.97 Å². The van der Waals surface area contributed by atoms with Crippen LogP contribution in [0.15, 0.2) is 41.5 Å². The molecule has 3 heterocycles. The summed E-state index contributed by atoms with van der Waals surface area (Å²) in [6.07, 6.45) is 3.45. The molecule has 1 aromatic carbocycles. The Morgan fingerprint density at radius 1 is 1.22 bits per heavy atom. The van der Waals surface area contributed by atoms with E-state index in [0.29, 0.717) is 22.4 Å². The lowest BCUT2D eigenvalue weighted by molar-refractivity contribution is 0.0691. The number of hydrogen-bond acceptors (Lipinski definition) is 6. The molecule has 0 amide bonds. The normalized spacial score (nSPS) is 12.2. The molecule has 0 radical (unpaired) electrons. The number of aryl methyl sites for hydroxylation is 2. The first kappa shape index (κ1) is 21.5. The van der Waals surface area contributed by atoms with Crippen LogP contribution < -0.4 is 10.9 Å². The summed E-state index contributed by atoms with van der Waals surface area (Å²) in [7, 11) is 3.48. The van der Waals surface area contributed by atoms with Gasteiger partial charge in [-0.05, 0) is 37.6 Å². The Labute approximate surface area is 188 Å². The minimum atomic E-state index is -1.19. The van der Waals surface area contributed by atoms with E-state index in [2.05, 4.69) is 15.4 Å². The Kier molecular flexibility index (Phi) is 5.43. The molecule has 0 spiro atoms. The second-order valence-electron chi connectivity index (χ2n) is 7.65. The molecular formula is C22H21ClN6O3. The van der Waals surface area contributed by atoms with E-state index in [4.69, 9.17) is 16.6 Å². The number of nitrogens with zero attached hydrogens (tertiary/aromatic N) is 5. The first-order valence-electron chi connectivity index (χ1n) is 9.82. The Hall–Kier alpha value is -3.72. The maximum atomic E-state index is 13.2. The number of pyridine rings is 1. The van der Waals surface area contributed by atoms with E-state index in [1.165, 1.54) is 10.6 Å². The first-order valence-corrected chi connectivity index (χ1v) is 10.2. The van der Waals surface area contributed by atoms with Crippen molar-refractivity contribution in [2.45, 2.75) is 19.9 Å². The number of fused-ring (bicyclic) bond motifs is 1. The van der Waals surface area contributed by atoms with Crippen molar-refractivity contribution in [1.29, 1.82) is 0 Å². The van der Waals surface area contributed by atoms with Crippen molar-refractivity contribution < 1.29 is 9.90 Å². The molecule has 0 aliphatic rings. The van der Waals surface area contributed by atoms with Gasteiger partial charge in [0.2, 0.25) is 0 Å². The van der Waals surface area contributed by atoms with Gasteiger partial charge in [0.25, 0.3) is 5.56 Å². The zero-order chi connectivity index (χ0) is 23.2. The third kappa shape index (κ3) is 3.82. The van der Waals surface area contributed by atoms with Crippen molar-refractivity contribution >= 4 is 34.2 Å². The molecule has 4 aromatic rings. The average Bonchev–Trinajstić information content (AvgIpc) is 3.17. The number of halogens is 1. The molecule has 164 valence electrons. The second kappa shape index (κ2) is 8.08. The van der Waals surface area contributed by atoms with Gasteiger partial charge in [-0.3, -0.25) is 14.0 Å². The van der Waals surface area contributed by atoms with Crippen molar-refractivity contribution in [1.82, 2.24) is 24.3 Å². The fraction of sp³-hybridized carbons (Fsp3) is 0.227. The van der Waals surface area contributed by atoms with Crippen LogP contribution in [0, 0.1) is 6.92 Å². The third-order valence-electron chi connectivity index (χ3n) is 5.22. The summed E-state index contributed by atoms with van der Waals surface area (Å²) in [4.78, 5) is 33.5. The SMILES string of the molecule is Cc1cc([C@H](C)Nc2ccc(Cl)nc2C(=O)O)c2nc(-c3cnn(C)c3)n(C)c(=O)c2c1.